The lowest BCUT2D eigenvalue weighted by Gasteiger charge is -2.24. The van der Waals surface area contributed by atoms with E-state index in [1.54, 1.807) is 38.1 Å². The van der Waals surface area contributed by atoms with Crippen LogP contribution >= 0.6 is 57.6 Å². The van der Waals surface area contributed by atoms with Crippen LogP contribution in [0.15, 0.2) is 58.1 Å². The standard InChI is InChI=1S/C25H18Cl2N4O4S3/c1-11-22(37-12(2)28-11)20(33)18-19(13-4-3-5-16(32)8-13)31(23(35)21(18)34)24-29-30-25(38-24)36-10-14-6-7-15(26)9-17(14)27/h3-9,19,32,34H,10H2,1-2H3. The van der Waals surface area contributed by atoms with E-state index < -0.39 is 23.5 Å². The van der Waals surface area contributed by atoms with E-state index in [0.717, 1.165) is 16.9 Å². The number of phenolic OH excluding ortho intramolecular Hbond substituents is 1. The Morgan fingerprint density at radius 1 is 1.11 bits per heavy atom. The van der Waals surface area contributed by atoms with Gasteiger partial charge in [-0.15, -0.1) is 21.5 Å². The maximum absolute atomic E-state index is 13.7. The molecule has 0 saturated heterocycles. The average Bonchev–Trinajstić information content (AvgIpc) is 3.54. The zero-order chi connectivity index (χ0) is 27.1. The molecule has 38 heavy (non-hydrogen) atoms. The van der Waals surface area contributed by atoms with Crippen LogP contribution in [0, 0.1) is 13.8 Å². The van der Waals surface area contributed by atoms with Crippen molar-refractivity contribution in [2.45, 2.75) is 30.0 Å². The summed E-state index contributed by atoms with van der Waals surface area (Å²) in [5.41, 5.74) is 1.69. The molecule has 2 aromatic heterocycles. The van der Waals surface area contributed by atoms with E-state index in [1.807, 2.05) is 6.07 Å². The fourth-order valence-corrected chi connectivity index (χ4v) is 7.35. The number of aryl methyl sites for hydroxylation is 2. The molecule has 2 aromatic carbocycles. The molecule has 2 N–H and O–H groups in total. The van der Waals surface area contributed by atoms with Gasteiger partial charge in [0.15, 0.2) is 10.1 Å². The predicted octanol–water partition coefficient (Wildman–Crippen LogP) is 6.70. The molecule has 4 aromatic rings. The molecule has 0 saturated carbocycles. The van der Waals surface area contributed by atoms with Crippen molar-refractivity contribution in [3.8, 4) is 5.75 Å². The number of aliphatic hydroxyl groups excluding tert-OH is 1. The Labute approximate surface area is 239 Å². The van der Waals surface area contributed by atoms with E-state index in [9.17, 15) is 19.8 Å². The van der Waals surface area contributed by atoms with E-state index in [4.69, 9.17) is 23.2 Å². The third kappa shape index (κ3) is 5.04. The average molecular weight is 606 g/mol. The van der Waals surface area contributed by atoms with Crippen LogP contribution in [-0.4, -0.2) is 37.1 Å². The largest absolute Gasteiger partial charge is 0.508 e. The Hall–Kier alpha value is -2.96. The van der Waals surface area contributed by atoms with Crippen molar-refractivity contribution in [2.75, 3.05) is 4.90 Å². The summed E-state index contributed by atoms with van der Waals surface area (Å²) >= 11 is 16.0. The summed E-state index contributed by atoms with van der Waals surface area (Å²) in [7, 11) is 0. The fourth-order valence-electron chi connectivity index (χ4n) is 4.05. The number of hydrogen-bond acceptors (Lipinski definition) is 10. The second kappa shape index (κ2) is 10.7. The first-order chi connectivity index (χ1) is 18.1. The van der Waals surface area contributed by atoms with Gasteiger partial charge in [0.2, 0.25) is 10.9 Å². The second-order valence-electron chi connectivity index (χ2n) is 8.29. The van der Waals surface area contributed by atoms with Gasteiger partial charge in [0.25, 0.3) is 5.91 Å². The number of nitrogens with zero attached hydrogens (tertiary/aromatic N) is 4. The molecule has 3 heterocycles. The van der Waals surface area contributed by atoms with Crippen molar-refractivity contribution < 1.29 is 19.8 Å². The third-order valence-electron chi connectivity index (χ3n) is 5.72. The maximum Gasteiger partial charge on any atom is 0.296 e. The topological polar surface area (TPSA) is 117 Å². The van der Waals surface area contributed by atoms with Gasteiger partial charge >= 0.3 is 0 Å². The molecule has 1 atom stereocenters. The number of anilines is 1. The summed E-state index contributed by atoms with van der Waals surface area (Å²) < 4.78 is 0.557. The first kappa shape index (κ1) is 26.6. The molecule has 1 unspecified atom stereocenters. The van der Waals surface area contributed by atoms with Crippen LogP contribution in [0.5, 0.6) is 5.75 Å². The van der Waals surface area contributed by atoms with Crippen LogP contribution in [0.4, 0.5) is 5.13 Å². The van der Waals surface area contributed by atoms with Gasteiger partial charge < -0.3 is 10.2 Å². The molecular weight excluding hydrogens is 587 g/mol. The number of aliphatic hydroxyl groups is 1. The minimum atomic E-state index is -1.03. The number of amides is 1. The number of aromatic nitrogens is 3. The highest BCUT2D eigenvalue weighted by molar-refractivity contribution is 8.00. The molecule has 1 aliphatic heterocycles. The van der Waals surface area contributed by atoms with Crippen LogP contribution in [0.25, 0.3) is 0 Å². The Balaban J connectivity index is 1.50. The van der Waals surface area contributed by atoms with Crippen LogP contribution in [-0.2, 0) is 10.5 Å². The molecule has 8 nitrogen and oxygen atoms in total. The Bertz CT molecular complexity index is 1620. The van der Waals surface area contributed by atoms with Crippen molar-refractivity contribution >= 4 is 74.5 Å². The number of rotatable bonds is 7. The van der Waals surface area contributed by atoms with Crippen molar-refractivity contribution in [1.29, 1.82) is 0 Å². The molecule has 0 fully saturated rings. The third-order valence-corrected chi connectivity index (χ3v) is 9.48. The predicted molar refractivity (Wildman–Crippen MR) is 150 cm³/mol. The van der Waals surface area contributed by atoms with Crippen molar-refractivity contribution in [3.63, 3.8) is 0 Å². The van der Waals surface area contributed by atoms with Crippen LogP contribution in [0.1, 0.15) is 37.5 Å². The number of carbonyl (C=O) groups is 2. The number of carbonyl (C=O) groups excluding carboxylic acids is 2. The number of Topliss-reactive ketones (excluding diaryl/α,β-unsaturated/α-hetero) is 1. The van der Waals surface area contributed by atoms with E-state index in [-0.39, 0.29) is 16.5 Å². The van der Waals surface area contributed by atoms with E-state index in [0.29, 0.717) is 41.3 Å². The lowest BCUT2D eigenvalue weighted by atomic mass is 9.95. The number of aromatic hydroxyl groups is 1. The van der Waals surface area contributed by atoms with Gasteiger partial charge in [-0.1, -0.05) is 64.5 Å². The summed E-state index contributed by atoms with van der Waals surface area (Å²) in [6.45, 7) is 3.48. The number of phenols is 1. The summed E-state index contributed by atoms with van der Waals surface area (Å²) in [5.74, 6) is -1.52. The van der Waals surface area contributed by atoms with Crippen molar-refractivity contribution in [2.24, 2.45) is 0 Å². The lowest BCUT2D eigenvalue weighted by molar-refractivity contribution is -0.117. The van der Waals surface area contributed by atoms with Crippen molar-refractivity contribution in [1.82, 2.24) is 15.2 Å². The van der Waals surface area contributed by atoms with Gasteiger partial charge in [-0.25, -0.2) is 4.98 Å². The zero-order valence-electron chi connectivity index (χ0n) is 19.8. The molecule has 5 rings (SSSR count). The molecule has 0 spiro atoms. The number of thiazole rings is 1. The van der Waals surface area contributed by atoms with Gasteiger partial charge in [0.05, 0.1) is 27.2 Å². The minimum absolute atomic E-state index is 0.0498. The van der Waals surface area contributed by atoms with Crippen molar-refractivity contribution in [3.05, 3.63) is 90.5 Å². The summed E-state index contributed by atoms with van der Waals surface area (Å²) in [5, 5.41) is 31.4. The van der Waals surface area contributed by atoms with Gasteiger partial charge in [0.1, 0.15) is 5.75 Å². The van der Waals surface area contributed by atoms with Crippen LogP contribution in [0.3, 0.4) is 0 Å². The lowest BCUT2D eigenvalue weighted by Crippen LogP contribution is -2.31. The zero-order valence-corrected chi connectivity index (χ0v) is 23.8. The van der Waals surface area contributed by atoms with Crippen LogP contribution in [0.2, 0.25) is 10.0 Å². The summed E-state index contributed by atoms with van der Waals surface area (Å²) in [6.07, 6.45) is 0. The summed E-state index contributed by atoms with van der Waals surface area (Å²) in [4.78, 5) is 32.9. The first-order valence-corrected chi connectivity index (χ1v) is 14.5. The summed E-state index contributed by atoms with van der Waals surface area (Å²) in [6, 6.07) is 10.4. The minimum Gasteiger partial charge on any atom is -0.508 e. The SMILES string of the molecule is Cc1nc(C)c(C(=O)C2=C(O)C(=O)N(c3nnc(SCc4ccc(Cl)cc4Cl)s3)C2c2cccc(O)c2)s1. The number of benzene rings is 2. The number of halogens is 2. The number of thioether (sulfide) groups is 1. The molecule has 0 aliphatic carbocycles. The normalized spacial score (nSPS) is 15.5. The Kier molecular flexibility index (Phi) is 7.47. The molecule has 13 heteroatoms. The molecular formula is C25H18Cl2N4O4S3. The Morgan fingerprint density at radius 3 is 2.58 bits per heavy atom. The van der Waals surface area contributed by atoms with E-state index in [1.165, 1.54) is 40.1 Å². The molecule has 1 aliphatic rings. The number of hydrogen-bond donors (Lipinski definition) is 2. The highest BCUT2D eigenvalue weighted by atomic mass is 35.5. The highest BCUT2D eigenvalue weighted by Crippen LogP contribution is 2.45. The highest BCUT2D eigenvalue weighted by Gasteiger charge is 2.46. The quantitative estimate of drug-likeness (QED) is 0.136. The van der Waals surface area contributed by atoms with Gasteiger partial charge in [0, 0.05) is 15.8 Å². The Morgan fingerprint density at radius 2 is 1.89 bits per heavy atom. The molecule has 0 bridgehead atoms. The van der Waals surface area contributed by atoms with Gasteiger partial charge in [-0.05, 0) is 49.2 Å². The molecule has 1 amide bonds. The second-order valence-corrected chi connectivity index (χ2v) is 12.5. The van der Waals surface area contributed by atoms with E-state index in [2.05, 4.69) is 15.2 Å². The number of ketones is 1. The molecule has 0 radical (unpaired) electrons. The van der Waals surface area contributed by atoms with Crippen LogP contribution < -0.4 is 4.90 Å². The molecule has 194 valence electrons. The van der Waals surface area contributed by atoms with E-state index >= 15 is 0 Å². The van der Waals surface area contributed by atoms with Gasteiger partial charge in [-0.2, -0.15) is 0 Å². The first-order valence-electron chi connectivity index (χ1n) is 11.1. The smallest absolute Gasteiger partial charge is 0.296 e. The fraction of sp³-hybridized carbons (Fsp3) is 0.160. The maximum atomic E-state index is 13.7. The van der Waals surface area contributed by atoms with Gasteiger partial charge in [-0.3, -0.25) is 14.5 Å². The monoisotopic (exact) mass is 604 g/mol.